The van der Waals surface area contributed by atoms with Crippen molar-refractivity contribution in [3.05, 3.63) is 34.3 Å². The first kappa shape index (κ1) is 14.3. The van der Waals surface area contributed by atoms with Crippen LogP contribution in [0.25, 0.3) is 0 Å². The molecular weight excluding hydrogens is 306 g/mol. The summed E-state index contributed by atoms with van der Waals surface area (Å²) in [5.74, 6) is 0. The van der Waals surface area contributed by atoms with E-state index in [0.717, 1.165) is 16.5 Å². The van der Waals surface area contributed by atoms with Gasteiger partial charge in [0, 0.05) is 23.1 Å². The van der Waals surface area contributed by atoms with Gasteiger partial charge in [-0.2, -0.15) is 0 Å². The van der Waals surface area contributed by atoms with Crippen LogP contribution in [0.15, 0.2) is 28.7 Å². The van der Waals surface area contributed by atoms with Crippen LogP contribution >= 0.6 is 15.9 Å². The first-order chi connectivity index (χ1) is 8.85. The number of hydrogen-bond donors (Lipinski definition) is 2. The summed E-state index contributed by atoms with van der Waals surface area (Å²) in [4.78, 5) is 13.7. The number of rotatable bonds is 4. The molecule has 1 aromatic carbocycles. The zero-order valence-electron chi connectivity index (χ0n) is 11.3. The number of benzene rings is 1. The molecule has 0 bridgehead atoms. The van der Waals surface area contributed by atoms with E-state index in [-0.39, 0.29) is 17.6 Å². The normalized spacial score (nSPS) is 19.7. The van der Waals surface area contributed by atoms with Gasteiger partial charge in [0.15, 0.2) is 0 Å². The Morgan fingerprint density at radius 3 is 2.63 bits per heavy atom. The van der Waals surface area contributed by atoms with E-state index < -0.39 is 0 Å². The maximum atomic E-state index is 11.9. The second-order valence-corrected chi connectivity index (χ2v) is 6.65. The minimum Gasteiger partial charge on any atom is -0.329 e. The van der Waals surface area contributed by atoms with Gasteiger partial charge in [-0.15, -0.1) is 0 Å². The lowest BCUT2D eigenvalue weighted by molar-refractivity contribution is 0.213. The second kappa shape index (κ2) is 5.51. The smallest absolute Gasteiger partial charge is 0.318 e. The molecule has 19 heavy (non-hydrogen) atoms. The number of urea groups is 1. The zero-order chi connectivity index (χ0) is 14.0. The van der Waals surface area contributed by atoms with Crippen LogP contribution in [0.2, 0.25) is 0 Å². The molecule has 1 atom stereocenters. The van der Waals surface area contributed by atoms with E-state index in [1.54, 1.807) is 0 Å². The molecule has 1 unspecified atom stereocenters. The van der Waals surface area contributed by atoms with Crippen molar-refractivity contribution < 1.29 is 4.79 Å². The van der Waals surface area contributed by atoms with Gasteiger partial charge >= 0.3 is 6.03 Å². The Labute approximate surface area is 122 Å². The SMILES string of the molecule is CC(C)(N)CCN1CC(c2ccc(Br)cc2)NC1=O. The summed E-state index contributed by atoms with van der Waals surface area (Å²) >= 11 is 3.41. The number of nitrogens with two attached hydrogens (primary N) is 1. The van der Waals surface area contributed by atoms with E-state index >= 15 is 0 Å². The molecule has 1 saturated heterocycles. The highest BCUT2D eigenvalue weighted by atomic mass is 79.9. The van der Waals surface area contributed by atoms with Gasteiger partial charge < -0.3 is 16.0 Å². The highest BCUT2D eigenvalue weighted by Gasteiger charge is 2.30. The van der Waals surface area contributed by atoms with Crippen molar-refractivity contribution in [3.63, 3.8) is 0 Å². The summed E-state index contributed by atoms with van der Waals surface area (Å²) in [6, 6.07) is 8.12. The Morgan fingerprint density at radius 1 is 1.42 bits per heavy atom. The molecule has 3 N–H and O–H groups in total. The van der Waals surface area contributed by atoms with Crippen LogP contribution in [-0.4, -0.2) is 29.6 Å². The van der Waals surface area contributed by atoms with Crippen molar-refractivity contribution >= 4 is 22.0 Å². The number of nitrogens with one attached hydrogen (secondary N) is 1. The molecule has 4 nitrogen and oxygen atoms in total. The average molecular weight is 326 g/mol. The molecule has 5 heteroatoms. The Hall–Kier alpha value is -1.07. The molecule has 1 aromatic rings. The van der Waals surface area contributed by atoms with Crippen molar-refractivity contribution in [3.8, 4) is 0 Å². The van der Waals surface area contributed by atoms with Gasteiger partial charge in [-0.1, -0.05) is 28.1 Å². The number of halogens is 1. The predicted molar refractivity (Wildman–Crippen MR) is 79.9 cm³/mol. The van der Waals surface area contributed by atoms with Crippen LogP contribution in [0.1, 0.15) is 31.9 Å². The van der Waals surface area contributed by atoms with Gasteiger partial charge in [-0.05, 0) is 38.0 Å². The lowest BCUT2D eigenvalue weighted by Crippen LogP contribution is -2.38. The first-order valence-corrected chi connectivity index (χ1v) is 7.24. The Bertz CT molecular complexity index is 453. The van der Waals surface area contributed by atoms with Crippen LogP contribution in [0.5, 0.6) is 0 Å². The number of carbonyl (C=O) groups excluding carboxylic acids is 1. The van der Waals surface area contributed by atoms with Gasteiger partial charge in [0.05, 0.1) is 6.04 Å². The Kier molecular flexibility index (Phi) is 4.16. The van der Waals surface area contributed by atoms with Gasteiger partial charge in [0.1, 0.15) is 0 Å². The van der Waals surface area contributed by atoms with Crippen molar-refractivity contribution in [2.45, 2.75) is 31.8 Å². The molecule has 0 aliphatic carbocycles. The first-order valence-electron chi connectivity index (χ1n) is 6.45. The maximum absolute atomic E-state index is 11.9. The van der Waals surface area contributed by atoms with Gasteiger partial charge in [0.25, 0.3) is 0 Å². The lowest BCUT2D eigenvalue weighted by Gasteiger charge is -2.22. The topological polar surface area (TPSA) is 58.4 Å². The lowest BCUT2D eigenvalue weighted by atomic mass is 10.0. The fourth-order valence-corrected chi connectivity index (χ4v) is 2.35. The Morgan fingerprint density at radius 2 is 2.05 bits per heavy atom. The van der Waals surface area contributed by atoms with Crippen molar-refractivity contribution in [2.75, 3.05) is 13.1 Å². The average Bonchev–Trinajstić information content (AvgIpc) is 2.68. The predicted octanol–water partition coefficient (Wildman–Crippen LogP) is 2.64. The fourth-order valence-electron chi connectivity index (χ4n) is 2.09. The number of carbonyl (C=O) groups is 1. The van der Waals surface area contributed by atoms with Crippen molar-refractivity contribution in [1.82, 2.24) is 10.2 Å². The second-order valence-electron chi connectivity index (χ2n) is 5.74. The summed E-state index contributed by atoms with van der Waals surface area (Å²) in [6.07, 6.45) is 0.799. The van der Waals surface area contributed by atoms with Crippen molar-refractivity contribution in [1.29, 1.82) is 0 Å². The molecule has 2 rings (SSSR count). The van der Waals surface area contributed by atoms with Crippen LogP contribution in [0, 0.1) is 0 Å². The van der Waals surface area contributed by atoms with E-state index in [0.29, 0.717) is 13.1 Å². The molecule has 0 spiro atoms. The number of nitrogens with zero attached hydrogens (tertiary/aromatic N) is 1. The third-order valence-corrected chi connectivity index (χ3v) is 3.81. The van der Waals surface area contributed by atoms with E-state index in [4.69, 9.17) is 5.73 Å². The van der Waals surface area contributed by atoms with Crippen LogP contribution < -0.4 is 11.1 Å². The maximum Gasteiger partial charge on any atom is 0.318 e. The van der Waals surface area contributed by atoms with Gasteiger partial charge in [0.2, 0.25) is 0 Å². The van der Waals surface area contributed by atoms with E-state index in [1.165, 1.54) is 0 Å². The van der Waals surface area contributed by atoms with Crippen LogP contribution in [0.3, 0.4) is 0 Å². The standard InChI is InChI=1S/C14H20BrN3O/c1-14(2,16)7-8-18-9-12(17-13(18)19)10-3-5-11(15)6-4-10/h3-6,12H,7-9,16H2,1-2H3,(H,17,19). The summed E-state index contributed by atoms with van der Waals surface area (Å²) in [7, 11) is 0. The molecular formula is C14H20BrN3O. The summed E-state index contributed by atoms with van der Waals surface area (Å²) in [6.45, 7) is 5.36. The molecule has 0 radical (unpaired) electrons. The van der Waals surface area contributed by atoms with E-state index in [9.17, 15) is 4.79 Å². The minimum absolute atomic E-state index is 0.00262. The highest BCUT2D eigenvalue weighted by Crippen LogP contribution is 2.22. The fraction of sp³-hybridized carbons (Fsp3) is 0.500. The Balaban J connectivity index is 1.97. The molecule has 0 saturated carbocycles. The molecule has 1 aliphatic heterocycles. The third kappa shape index (κ3) is 3.94. The largest absolute Gasteiger partial charge is 0.329 e. The van der Waals surface area contributed by atoms with E-state index in [2.05, 4.69) is 21.2 Å². The summed E-state index contributed by atoms with van der Waals surface area (Å²) in [5, 5.41) is 3.01. The molecule has 1 heterocycles. The van der Waals surface area contributed by atoms with Crippen LogP contribution in [0.4, 0.5) is 4.79 Å². The molecule has 1 aliphatic rings. The quantitative estimate of drug-likeness (QED) is 0.894. The molecule has 2 amide bonds. The monoisotopic (exact) mass is 325 g/mol. The molecule has 1 fully saturated rings. The van der Waals surface area contributed by atoms with Gasteiger partial charge in [-0.3, -0.25) is 0 Å². The number of hydrogen-bond acceptors (Lipinski definition) is 2. The van der Waals surface area contributed by atoms with Gasteiger partial charge in [-0.25, -0.2) is 4.79 Å². The van der Waals surface area contributed by atoms with Crippen molar-refractivity contribution in [2.24, 2.45) is 5.73 Å². The third-order valence-electron chi connectivity index (χ3n) is 3.29. The van der Waals surface area contributed by atoms with Crippen LogP contribution in [-0.2, 0) is 0 Å². The minimum atomic E-state index is -0.240. The van der Waals surface area contributed by atoms with E-state index in [1.807, 2.05) is 43.0 Å². The summed E-state index contributed by atoms with van der Waals surface area (Å²) < 4.78 is 1.04. The molecule has 0 aromatic heterocycles. The summed E-state index contributed by atoms with van der Waals surface area (Å²) in [5.41, 5.74) is 6.85. The molecule has 104 valence electrons. The highest BCUT2D eigenvalue weighted by molar-refractivity contribution is 9.10. The number of amides is 2. The zero-order valence-corrected chi connectivity index (χ0v) is 12.9.